The van der Waals surface area contributed by atoms with E-state index >= 15 is 0 Å². The molecule has 20 heavy (non-hydrogen) atoms. The van der Waals surface area contributed by atoms with Gasteiger partial charge in [0.25, 0.3) is 5.56 Å². The Morgan fingerprint density at radius 2 is 2.25 bits per heavy atom. The maximum atomic E-state index is 12.0. The van der Waals surface area contributed by atoms with Crippen molar-refractivity contribution in [3.05, 3.63) is 52.6 Å². The summed E-state index contributed by atoms with van der Waals surface area (Å²) in [5.74, 6) is 0.306. The minimum atomic E-state index is -0.204. The van der Waals surface area contributed by atoms with Gasteiger partial charge in [0.05, 0.1) is 0 Å². The zero-order valence-electron chi connectivity index (χ0n) is 11.2. The number of aromatic nitrogens is 2. The summed E-state index contributed by atoms with van der Waals surface area (Å²) in [5.41, 5.74) is 6.62. The van der Waals surface area contributed by atoms with Gasteiger partial charge in [-0.2, -0.15) is 0 Å². The fourth-order valence-corrected chi connectivity index (χ4v) is 1.77. The second kappa shape index (κ2) is 5.43. The third-order valence-corrected chi connectivity index (χ3v) is 2.95. The molecule has 0 saturated carbocycles. The van der Waals surface area contributed by atoms with E-state index < -0.39 is 0 Å². The van der Waals surface area contributed by atoms with E-state index in [1.807, 2.05) is 6.07 Å². The van der Waals surface area contributed by atoms with Gasteiger partial charge >= 0.3 is 0 Å². The SMILES string of the molecule is CN(c1cccc(C(N)=NO)c1)c1nccn(C)c1=O. The number of nitrogens with two attached hydrogens (primary N) is 1. The van der Waals surface area contributed by atoms with Gasteiger partial charge in [-0.1, -0.05) is 17.3 Å². The van der Waals surface area contributed by atoms with Gasteiger partial charge in [0, 0.05) is 37.7 Å². The van der Waals surface area contributed by atoms with Crippen LogP contribution in [0.2, 0.25) is 0 Å². The van der Waals surface area contributed by atoms with Crippen LogP contribution in [0.25, 0.3) is 0 Å². The summed E-state index contributed by atoms with van der Waals surface area (Å²) in [7, 11) is 3.39. The lowest BCUT2D eigenvalue weighted by Crippen LogP contribution is -2.26. The highest BCUT2D eigenvalue weighted by Gasteiger charge is 2.11. The van der Waals surface area contributed by atoms with Crippen molar-refractivity contribution in [1.29, 1.82) is 0 Å². The summed E-state index contributed by atoms with van der Waals surface area (Å²) in [6.07, 6.45) is 3.15. The number of hydrogen-bond acceptors (Lipinski definition) is 5. The molecule has 0 bridgehead atoms. The summed E-state index contributed by atoms with van der Waals surface area (Å²) < 4.78 is 1.45. The van der Waals surface area contributed by atoms with Gasteiger partial charge in [-0.15, -0.1) is 0 Å². The van der Waals surface area contributed by atoms with Crippen LogP contribution < -0.4 is 16.2 Å². The zero-order valence-corrected chi connectivity index (χ0v) is 11.2. The molecule has 7 nitrogen and oxygen atoms in total. The average Bonchev–Trinajstić information content (AvgIpc) is 2.48. The molecule has 0 radical (unpaired) electrons. The van der Waals surface area contributed by atoms with Crippen LogP contribution >= 0.6 is 0 Å². The van der Waals surface area contributed by atoms with Crippen LogP contribution in [0.4, 0.5) is 11.5 Å². The molecule has 3 N–H and O–H groups in total. The number of aryl methyl sites for hydroxylation is 1. The molecule has 2 aromatic rings. The van der Waals surface area contributed by atoms with Crippen molar-refractivity contribution in [3.63, 3.8) is 0 Å². The Morgan fingerprint density at radius 1 is 1.50 bits per heavy atom. The van der Waals surface area contributed by atoms with Crippen LogP contribution in [0.5, 0.6) is 0 Å². The number of rotatable bonds is 3. The highest BCUT2D eigenvalue weighted by Crippen LogP contribution is 2.19. The highest BCUT2D eigenvalue weighted by atomic mass is 16.4. The van der Waals surface area contributed by atoms with E-state index in [-0.39, 0.29) is 11.4 Å². The number of hydrogen-bond donors (Lipinski definition) is 2. The lowest BCUT2D eigenvalue weighted by atomic mass is 10.2. The highest BCUT2D eigenvalue weighted by molar-refractivity contribution is 5.97. The van der Waals surface area contributed by atoms with Crippen LogP contribution in [0, 0.1) is 0 Å². The van der Waals surface area contributed by atoms with E-state index in [0.29, 0.717) is 17.1 Å². The first-order valence-electron chi connectivity index (χ1n) is 5.88. The molecule has 0 saturated heterocycles. The Hall–Kier alpha value is -2.83. The number of nitrogens with zero attached hydrogens (tertiary/aromatic N) is 4. The Bertz CT molecular complexity index is 708. The van der Waals surface area contributed by atoms with Crippen molar-refractivity contribution in [2.75, 3.05) is 11.9 Å². The van der Waals surface area contributed by atoms with E-state index in [9.17, 15) is 4.79 Å². The maximum absolute atomic E-state index is 12.0. The predicted octanol–water partition coefficient (Wildman–Crippen LogP) is 0.643. The fraction of sp³-hybridized carbons (Fsp3) is 0.154. The Labute approximate surface area is 115 Å². The molecule has 2 rings (SSSR count). The van der Waals surface area contributed by atoms with Crippen molar-refractivity contribution in [3.8, 4) is 0 Å². The lowest BCUT2D eigenvalue weighted by Gasteiger charge is -2.18. The van der Waals surface area contributed by atoms with E-state index in [2.05, 4.69) is 10.1 Å². The number of benzene rings is 1. The van der Waals surface area contributed by atoms with Crippen molar-refractivity contribution >= 4 is 17.3 Å². The normalized spacial score (nSPS) is 11.4. The summed E-state index contributed by atoms with van der Waals surface area (Å²) in [6.45, 7) is 0. The molecule has 0 aliphatic rings. The standard InChI is InChI=1S/C13H15N5O2/c1-17-7-6-15-12(13(17)19)18(2)10-5-3-4-9(8-10)11(14)16-20/h3-8,20H,1-2H3,(H2,14,16). The van der Waals surface area contributed by atoms with Crippen LogP contribution in [-0.2, 0) is 7.05 Å². The molecular weight excluding hydrogens is 258 g/mol. The Kier molecular flexibility index (Phi) is 3.69. The Balaban J connectivity index is 2.46. The molecule has 0 amide bonds. The quantitative estimate of drug-likeness (QED) is 0.370. The van der Waals surface area contributed by atoms with Crippen LogP contribution in [0.1, 0.15) is 5.56 Å². The minimum absolute atomic E-state index is 0.00849. The molecule has 0 unspecified atom stereocenters. The van der Waals surface area contributed by atoms with Crippen molar-refractivity contribution in [2.45, 2.75) is 0 Å². The molecule has 0 atom stereocenters. The third kappa shape index (κ3) is 2.46. The molecule has 0 aliphatic carbocycles. The number of amidine groups is 1. The van der Waals surface area contributed by atoms with Crippen molar-refractivity contribution in [1.82, 2.24) is 9.55 Å². The third-order valence-electron chi connectivity index (χ3n) is 2.95. The van der Waals surface area contributed by atoms with E-state index in [1.54, 1.807) is 49.6 Å². The number of anilines is 2. The summed E-state index contributed by atoms with van der Waals surface area (Å²) in [5, 5.41) is 11.7. The molecule has 104 valence electrons. The monoisotopic (exact) mass is 273 g/mol. The summed E-state index contributed by atoms with van der Waals surface area (Å²) in [6, 6.07) is 6.99. The largest absolute Gasteiger partial charge is 0.409 e. The molecule has 0 spiro atoms. The molecular formula is C13H15N5O2. The molecule has 1 heterocycles. The molecule has 0 fully saturated rings. The molecule has 1 aromatic heterocycles. The predicted molar refractivity (Wildman–Crippen MR) is 76.5 cm³/mol. The summed E-state index contributed by atoms with van der Waals surface area (Å²) in [4.78, 5) is 17.8. The van der Waals surface area contributed by atoms with Crippen LogP contribution in [-0.4, -0.2) is 27.6 Å². The van der Waals surface area contributed by atoms with Gasteiger partial charge in [0.2, 0.25) is 0 Å². The van der Waals surface area contributed by atoms with Gasteiger partial charge in [-0.05, 0) is 12.1 Å². The average molecular weight is 273 g/mol. The fourth-order valence-electron chi connectivity index (χ4n) is 1.77. The van der Waals surface area contributed by atoms with Crippen LogP contribution in [0.3, 0.4) is 0 Å². The maximum Gasteiger partial charge on any atom is 0.293 e. The van der Waals surface area contributed by atoms with Gasteiger partial charge in [0.15, 0.2) is 11.7 Å². The molecule has 0 aliphatic heterocycles. The summed E-state index contributed by atoms with van der Waals surface area (Å²) >= 11 is 0. The lowest BCUT2D eigenvalue weighted by molar-refractivity contribution is 0.318. The first-order chi connectivity index (χ1) is 9.54. The first kappa shape index (κ1) is 13.6. The molecule has 7 heteroatoms. The first-order valence-corrected chi connectivity index (χ1v) is 5.88. The van der Waals surface area contributed by atoms with Gasteiger partial charge < -0.3 is 20.4 Å². The number of oxime groups is 1. The van der Waals surface area contributed by atoms with E-state index in [1.165, 1.54) is 4.57 Å². The molecule has 1 aromatic carbocycles. The van der Waals surface area contributed by atoms with Gasteiger partial charge in [0.1, 0.15) is 0 Å². The zero-order chi connectivity index (χ0) is 14.7. The minimum Gasteiger partial charge on any atom is -0.409 e. The van der Waals surface area contributed by atoms with E-state index in [4.69, 9.17) is 10.9 Å². The van der Waals surface area contributed by atoms with Gasteiger partial charge in [-0.25, -0.2) is 4.98 Å². The van der Waals surface area contributed by atoms with Crippen molar-refractivity contribution in [2.24, 2.45) is 17.9 Å². The van der Waals surface area contributed by atoms with Crippen molar-refractivity contribution < 1.29 is 5.21 Å². The Morgan fingerprint density at radius 3 is 2.95 bits per heavy atom. The smallest absolute Gasteiger partial charge is 0.293 e. The van der Waals surface area contributed by atoms with Gasteiger partial charge in [-0.3, -0.25) is 4.79 Å². The topological polar surface area (TPSA) is 96.7 Å². The van der Waals surface area contributed by atoms with E-state index in [0.717, 1.165) is 0 Å². The second-order valence-corrected chi connectivity index (χ2v) is 4.26. The second-order valence-electron chi connectivity index (χ2n) is 4.26. The van der Waals surface area contributed by atoms with Crippen LogP contribution in [0.15, 0.2) is 46.6 Å².